The molecular weight excluding hydrogens is 368 g/mol. The topological polar surface area (TPSA) is 20.3 Å². The van der Waals surface area contributed by atoms with E-state index in [4.69, 9.17) is 0 Å². The summed E-state index contributed by atoms with van der Waals surface area (Å²) in [5.41, 5.74) is 0. The van der Waals surface area contributed by atoms with Gasteiger partial charge in [-0.25, -0.2) is 1.33 Å². The maximum Gasteiger partial charge on any atom is 0.243 e. The Balaban J connectivity index is 2.39. The number of nitrogens with zero attached hydrogens (tertiary/aromatic N) is 1. The minimum atomic E-state index is 0.297. The van der Waals surface area contributed by atoms with E-state index in [1.807, 2.05) is 45.7 Å². The molecule has 0 spiro atoms. The van der Waals surface area contributed by atoms with Crippen LogP contribution < -0.4 is 0 Å². The van der Waals surface area contributed by atoms with Crippen LogP contribution in [0.15, 0.2) is 0 Å². The average Bonchev–Trinajstić information content (AvgIpc) is 2.05. The normalized spacial score (nSPS) is 19.8. The van der Waals surface area contributed by atoms with Crippen molar-refractivity contribution in [1.82, 2.24) is 1.33 Å². The zero-order valence-electron chi connectivity index (χ0n) is 6.22. The molecule has 0 atom stereocenters. The maximum atomic E-state index is 11.4. The summed E-state index contributed by atoms with van der Waals surface area (Å²) in [6.45, 7) is 0. The predicted molar refractivity (Wildman–Crippen MR) is 61.5 cm³/mol. The molecule has 1 rings (SSSR count). The van der Waals surface area contributed by atoms with Crippen LogP contribution in [0, 0.1) is 5.92 Å². The second-order valence-electron chi connectivity index (χ2n) is 2.91. The summed E-state index contributed by atoms with van der Waals surface area (Å²) in [5.74, 6) is 0.614. The Morgan fingerprint density at radius 3 is 2.18 bits per heavy atom. The molecule has 0 aliphatic heterocycles. The Morgan fingerprint density at radius 1 is 1.18 bits per heavy atom. The molecule has 0 N–H and O–H groups in total. The Morgan fingerprint density at radius 2 is 1.73 bits per heavy atom. The van der Waals surface area contributed by atoms with Gasteiger partial charge in [-0.1, -0.05) is 19.3 Å². The molecule has 4 heteroatoms. The van der Waals surface area contributed by atoms with Crippen molar-refractivity contribution in [3.8, 4) is 0 Å². The van der Waals surface area contributed by atoms with Gasteiger partial charge in [0, 0.05) is 5.92 Å². The molecule has 1 amide bonds. The lowest BCUT2D eigenvalue weighted by Gasteiger charge is -2.21. The lowest BCUT2D eigenvalue weighted by molar-refractivity contribution is -0.126. The van der Waals surface area contributed by atoms with Gasteiger partial charge in [0.1, 0.15) is 0 Å². The summed E-state index contributed by atoms with van der Waals surface area (Å²) in [6.07, 6.45) is 5.98. The molecule has 0 bridgehead atoms. The third-order valence-corrected chi connectivity index (χ3v) is 3.07. The van der Waals surface area contributed by atoms with Crippen LogP contribution in [-0.4, -0.2) is 7.23 Å². The molecule has 1 fully saturated rings. The van der Waals surface area contributed by atoms with E-state index in [0.29, 0.717) is 11.8 Å². The average molecular weight is 379 g/mol. The van der Waals surface area contributed by atoms with E-state index in [2.05, 4.69) is 0 Å². The minimum Gasteiger partial charge on any atom is -0.273 e. The molecule has 2 nitrogen and oxygen atoms in total. The van der Waals surface area contributed by atoms with Crippen LogP contribution >= 0.6 is 45.7 Å². The number of rotatable bonds is 1. The summed E-state index contributed by atoms with van der Waals surface area (Å²) in [6, 6.07) is 0. The van der Waals surface area contributed by atoms with Crippen LogP contribution in [-0.2, 0) is 4.79 Å². The number of carbonyl (C=O) groups is 1. The largest absolute Gasteiger partial charge is 0.273 e. The Kier molecular flexibility index (Phi) is 4.40. The molecule has 0 aromatic rings. The number of hydrogen-bond donors (Lipinski definition) is 0. The highest BCUT2D eigenvalue weighted by molar-refractivity contribution is 14.2. The molecular formula is C7H11I2NO. The van der Waals surface area contributed by atoms with Crippen molar-refractivity contribution >= 4 is 51.6 Å². The third-order valence-electron chi connectivity index (χ3n) is 2.12. The molecule has 1 saturated carbocycles. The van der Waals surface area contributed by atoms with Gasteiger partial charge < -0.3 is 0 Å². The van der Waals surface area contributed by atoms with Crippen molar-refractivity contribution in [2.45, 2.75) is 32.1 Å². The van der Waals surface area contributed by atoms with E-state index >= 15 is 0 Å². The fourth-order valence-electron chi connectivity index (χ4n) is 1.49. The zero-order valence-corrected chi connectivity index (χ0v) is 10.5. The molecule has 0 unspecified atom stereocenters. The van der Waals surface area contributed by atoms with Crippen LogP contribution in [0.2, 0.25) is 0 Å². The third kappa shape index (κ3) is 3.04. The molecule has 0 aromatic heterocycles. The quantitative estimate of drug-likeness (QED) is 0.507. The molecule has 0 aromatic carbocycles. The van der Waals surface area contributed by atoms with Crippen molar-refractivity contribution < 1.29 is 4.79 Å². The van der Waals surface area contributed by atoms with Gasteiger partial charge in [0.2, 0.25) is 5.91 Å². The minimum absolute atomic E-state index is 0.297. The molecule has 0 saturated heterocycles. The lowest BCUT2D eigenvalue weighted by atomic mass is 9.89. The summed E-state index contributed by atoms with van der Waals surface area (Å²) in [7, 11) is 0. The first kappa shape index (κ1) is 10.0. The number of halogens is 2. The van der Waals surface area contributed by atoms with E-state index in [9.17, 15) is 4.79 Å². The SMILES string of the molecule is O=C(C1CCCCC1)N(I)I. The summed E-state index contributed by atoms with van der Waals surface area (Å²) in [5, 5.41) is 0. The van der Waals surface area contributed by atoms with Gasteiger partial charge in [-0.3, -0.25) is 4.79 Å². The van der Waals surface area contributed by atoms with Crippen molar-refractivity contribution in [1.29, 1.82) is 0 Å². The van der Waals surface area contributed by atoms with Crippen molar-refractivity contribution in [2.24, 2.45) is 5.92 Å². The van der Waals surface area contributed by atoms with E-state index in [1.54, 1.807) is 1.33 Å². The number of amides is 1. The number of carbonyl (C=O) groups excluding carboxylic acids is 1. The van der Waals surface area contributed by atoms with Gasteiger partial charge in [0.05, 0.1) is 45.7 Å². The van der Waals surface area contributed by atoms with E-state index < -0.39 is 0 Å². The van der Waals surface area contributed by atoms with Gasteiger partial charge in [-0.05, 0) is 12.8 Å². The van der Waals surface area contributed by atoms with Crippen LogP contribution in [0.5, 0.6) is 0 Å². The fraction of sp³-hybridized carbons (Fsp3) is 0.857. The molecule has 0 radical (unpaired) electrons. The van der Waals surface area contributed by atoms with Gasteiger partial charge >= 0.3 is 0 Å². The van der Waals surface area contributed by atoms with Crippen molar-refractivity contribution in [3.63, 3.8) is 0 Å². The monoisotopic (exact) mass is 379 g/mol. The molecule has 64 valence electrons. The second-order valence-corrected chi connectivity index (χ2v) is 6.68. The summed E-state index contributed by atoms with van der Waals surface area (Å²) < 4.78 is 1.66. The first-order valence-electron chi connectivity index (χ1n) is 3.87. The first-order chi connectivity index (χ1) is 5.22. The van der Waals surface area contributed by atoms with Gasteiger partial charge in [-0.2, -0.15) is 0 Å². The smallest absolute Gasteiger partial charge is 0.243 e. The second kappa shape index (κ2) is 4.84. The first-order valence-corrected chi connectivity index (χ1v) is 5.80. The van der Waals surface area contributed by atoms with Gasteiger partial charge in [-0.15, -0.1) is 0 Å². The van der Waals surface area contributed by atoms with E-state index in [1.165, 1.54) is 19.3 Å². The Bertz CT molecular complexity index is 143. The highest BCUT2D eigenvalue weighted by atomic mass is 127. The highest BCUT2D eigenvalue weighted by Crippen LogP contribution is 2.27. The summed E-state index contributed by atoms with van der Waals surface area (Å²) >= 11 is 4.08. The molecule has 11 heavy (non-hydrogen) atoms. The van der Waals surface area contributed by atoms with E-state index in [-0.39, 0.29) is 0 Å². The standard InChI is InChI=1S/C7H11I2NO/c8-10(9)7(11)6-4-2-1-3-5-6/h6H,1-5H2. The fourth-order valence-corrected chi connectivity index (χ4v) is 2.28. The van der Waals surface area contributed by atoms with E-state index in [0.717, 1.165) is 12.8 Å². The number of hydrogen-bond acceptors (Lipinski definition) is 1. The van der Waals surface area contributed by atoms with Crippen LogP contribution in [0.4, 0.5) is 0 Å². The van der Waals surface area contributed by atoms with Crippen LogP contribution in [0.3, 0.4) is 0 Å². The van der Waals surface area contributed by atoms with Crippen LogP contribution in [0.25, 0.3) is 0 Å². The summed E-state index contributed by atoms with van der Waals surface area (Å²) in [4.78, 5) is 11.4. The molecule has 0 heterocycles. The lowest BCUT2D eigenvalue weighted by Crippen LogP contribution is -2.23. The predicted octanol–water partition coefficient (Wildman–Crippen LogP) is 3.10. The molecule has 1 aliphatic carbocycles. The Hall–Kier alpha value is 0.930. The molecule has 1 aliphatic rings. The highest BCUT2D eigenvalue weighted by Gasteiger charge is 2.23. The zero-order chi connectivity index (χ0) is 8.27. The van der Waals surface area contributed by atoms with Gasteiger partial charge in [0.15, 0.2) is 0 Å². The van der Waals surface area contributed by atoms with Crippen molar-refractivity contribution in [3.05, 3.63) is 0 Å². The van der Waals surface area contributed by atoms with Crippen LogP contribution in [0.1, 0.15) is 32.1 Å². The Labute approximate surface area is 95.1 Å². The van der Waals surface area contributed by atoms with Crippen molar-refractivity contribution in [2.75, 3.05) is 0 Å². The van der Waals surface area contributed by atoms with Gasteiger partial charge in [0.25, 0.3) is 0 Å². The maximum absolute atomic E-state index is 11.4.